The summed E-state index contributed by atoms with van der Waals surface area (Å²) in [5.74, 6) is 0.120. The molecule has 0 spiro atoms. The fraction of sp³-hybridized carbons (Fsp3) is 0.105. The first-order valence-electron chi connectivity index (χ1n) is 7.49. The van der Waals surface area contributed by atoms with E-state index in [1.165, 1.54) is 6.26 Å². The van der Waals surface area contributed by atoms with Crippen molar-refractivity contribution in [3.05, 3.63) is 83.3 Å². The summed E-state index contributed by atoms with van der Waals surface area (Å²) in [4.78, 5) is 12.6. The number of halogens is 1. The summed E-state index contributed by atoms with van der Waals surface area (Å²) in [6.07, 6.45) is 1.49. The van der Waals surface area contributed by atoms with E-state index in [9.17, 15) is 9.90 Å². The number of carbonyl (C=O) groups is 1. The highest BCUT2D eigenvalue weighted by atomic mass is 35.5. The second kappa shape index (κ2) is 7.34. The number of rotatable bonds is 5. The Hall–Kier alpha value is -2.56. The van der Waals surface area contributed by atoms with Gasteiger partial charge in [-0.1, -0.05) is 48.0 Å². The fourth-order valence-corrected chi connectivity index (χ4v) is 2.65. The van der Waals surface area contributed by atoms with Crippen LogP contribution in [0.4, 0.5) is 0 Å². The van der Waals surface area contributed by atoms with Crippen LogP contribution in [0, 0.1) is 0 Å². The number of amides is 1. The Kier molecular flexibility index (Phi) is 4.99. The lowest BCUT2D eigenvalue weighted by molar-refractivity contribution is 0.0907. The zero-order valence-corrected chi connectivity index (χ0v) is 13.5. The highest BCUT2D eigenvalue weighted by molar-refractivity contribution is 6.34. The average Bonchev–Trinajstić information content (AvgIpc) is 3.15. The summed E-state index contributed by atoms with van der Waals surface area (Å²) < 4.78 is 5.24. The van der Waals surface area contributed by atoms with Crippen LogP contribution in [0.3, 0.4) is 0 Å². The lowest BCUT2D eigenvalue weighted by Gasteiger charge is -2.15. The van der Waals surface area contributed by atoms with Crippen molar-refractivity contribution in [2.45, 2.75) is 6.04 Å². The fourth-order valence-electron chi connectivity index (χ4n) is 2.44. The Balaban J connectivity index is 1.87. The number of nitrogens with one attached hydrogen (secondary N) is 1. The summed E-state index contributed by atoms with van der Waals surface area (Å²) >= 11 is 6.18. The zero-order valence-electron chi connectivity index (χ0n) is 12.8. The largest absolute Gasteiger partial charge is 0.467 e. The normalized spacial score (nSPS) is 11.9. The highest BCUT2D eigenvalue weighted by Crippen LogP contribution is 2.26. The molecule has 5 heteroatoms. The molecule has 1 amide bonds. The van der Waals surface area contributed by atoms with Crippen LogP contribution in [0.1, 0.15) is 22.2 Å². The smallest absolute Gasteiger partial charge is 0.253 e. The maximum absolute atomic E-state index is 12.6. The first-order valence-corrected chi connectivity index (χ1v) is 7.87. The van der Waals surface area contributed by atoms with E-state index in [4.69, 9.17) is 16.0 Å². The molecule has 1 heterocycles. The van der Waals surface area contributed by atoms with Crippen LogP contribution in [0.2, 0.25) is 5.02 Å². The van der Waals surface area contributed by atoms with Crippen LogP contribution in [0.25, 0.3) is 11.1 Å². The van der Waals surface area contributed by atoms with E-state index < -0.39 is 6.04 Å². The molecular weight excluding hydrogens is 326 g/mol. The molecule has 1 atom stereocenters. The number of benzene rings is 2. The Morgan fingerprint density at radius 3 is 2.54 bits per heavy atom. The van der Waals surface area contributed by atoms with Crippen molar-refractivity contribution in [1.82, 2.24) is 5.32 Å². The van der Waals surface area contributed by atoms with Crippen LogP contribution in [-0.4, -0.2) is 17.6 Å². The van der Waals surface area contributed by atoms with Gasteiger partial charge in [0.2, 0.25) is 0 Å². The minimum Gasteiger partial charge on any atom is -0.467 e. The number of aliphatic hydroxyl groups is 1. The topological polar surface area (TPSA) is 62.5 Å². The van der Waals surface area contributed by atoms with Gasteiger partial charge in [-0.15, -0.1) is 0 Å². The van der Waals surface area contributed by atoms with E-state index in [1.807, 2.05) is 36.4 Å². The van der Waals surface area contributed by atoms with E-state index in [0.717, 1.165) is 11.1 Å². The van der Waals surface area contributed by atoms with Gasteiger partial charge in [-0.3, -0.25) is 4.79 Å². The number of furan rings is 1. The van der Waals surface area contributed by atoms with Crippen LogP contribution < -0.4 is 5.32 Å². The third kappa shape index (κ3) is 3.50. The van der Waals surface area contributed by atoms with Gasteiger partial charge in [-0.05, 0) is 35.4 Å². The van der Waals surface area contributed by atoms with E-state index in [2.05, 4.69) is 5.32 Å². The van der Waals surface area contributed by atoms with Crippen molar-refractivity contribution in [2.75, 3.05) is 6.61 Å². The molecule has 3 rings (SSSR count). The molecule has 4 nitrogen and oxygen atoms in total. The molecule has 122 valence electrons. The standard InChI is InChI=1S/C19H16ClNO3/c20-16-9-8-14(13-5-2-1-3-6-13)11-15(16)19(23)21-17(12-22)18-7-4-10-24-18/h1-11,17,22H,12H2,(H,21,23). The lowest BCUT2D eigenvalue weighted by Crippen LogP contribution is -2.30. The van der Waals surface area contributed by atoms with Crippen LogP contribution >= 0.6 is 11.6 Å². The van der Waals surface area contributed by atoms with Gasteiger partial charge in [0.15, 0.2) is 0 Å². The van der Waals surface area contributed by atoms with Crippen molar-refractivity contribution in [1.29, 1.82) is 0 Å². The van der Waals surface area contributed by atoms with Gasteiger partial charge >= 0.3 is 0 Å². The number of carbonyl (C=O) groups excluding carboxylic acids is 1. The van der Waals surface area contributed by atoms with Gasteiger partial charge < -0.3 is 14.8 Å². The Morgan fingerprint density at radius 1 is 1.08 bits per heavy atom. The summed E-state index contributed by atoms with van der Waals surface area (Å²) in [5, 5.41) is 12.6. The monoisotopic (exact) mass is 341 g/mol. The molecule has 0 saturated heterocycles. The van der Waals surface area contributed by atoms with Crippen molar-refractivity contribution >= 4 is 17.5 Å². The molecule has 1 unspecified atom stereocenters. The van der Waals surface area contributed by atoms with E-state index in [0.29, 0.717) is 16.3 Å². The summed E-state index contributed by atoms with van der Waals surface area (Å²) in [6, 6.07) is 17.8. The molecule has 0 aliphatic heterocycles. The number of aliphatic hydroxyl groups excluding tert-OH is 1. The molecule has 0 aliphatic rings. The maximum Gasteiger partial charge on any atom is 0.253 e. The highest BCUT2D eigenvalue weighted by Gasteiger charge is 2.19. The third-order valence-corrected chi connectivity index (χ3v) is 4.02. The first kappa shape index (κ1) is 16.3. The van der Waals surface area contributed by atoms with Gasteiger partial charge in [0.05, 0.1) is 23.5 Å². The predicted octanol–water partition coefficient (Wildman–Crippen LogP) is 4.06. The average molecular weight is 342 g/mol. The summed E-state index contributed by atoms with van der Waals surface area (Å²) in [7, 11) is 0. The van der Waals surface area contributed by atoms with Crippen LogP contribution in [0.15, 0.2) is 71.3 Å². The maximum atomic E-state index is 12.6. The van der Waals surface area contributed by atoms with Gasteiger partial charge in [0, 0.05) is 0 Å². The SMILES string of the molecule is O=C(NC(CO)c1ccco1)c1cc(-c2ccccc2)ccc1Cl. The molecule has 0 aliphatic carbocycles. The van der Waals surface area contributed by atoms with Gasteiger partial charge in [-0.2, -0.15) is 0 Å². The van der Waals surface area contributed by atoms with Gasteiger partial charge in [0.1, 0.15) is 11.8 Å². The number of hydrogen-bond donors (Lipinski definition) is 2. The van der Waals surface area contributed by atoms with Gasteiger partial charge in [-0.25, -0.2) is 0 Å². The zero-order chi connectivity index (χ0) is 16.9. The summed E-state index contributed by atoms with van der Waals surface area (Å²) in [6.45, 7) is -0.269. The van der Waals surface area contributed by atoms with Crippen LogP contribution in [-0.2, 0) is 0 Å². The molecule has 0 saturated carbocycles. The second-order valence-electron chi connectivity index (χ2n) is 5.28. The Bertz CT molecular complexity index is 816. The van der Waals surface area contributed by atoms with Crippen molar-refractivity contribution in [2.24, 2.45) is 0 Å². The quantitative estimate of drug-likeness (QED) is 0.735. The molecule has 2 aromatic carbocycles. The number of hydrogen-bond acceptors (Lipinski definition) is 3. The Morgan fingerprint density at radius 2 is 1.88 bits per heavy atom. The molecule has 2 N–H and O–H groups in total. The molecular formula is C19H16ClNO3. The predicted molar refractivity (Wildman–Crippen MR) is 92.9 cm³/mol. The first-order chi connectivity index (χ1) is 11.7. The molecule has 0 bridgehead atoms. The Labute approximate surface area is 144 Å². The molecule has 1 aromatic heterocycles. The van der Waals surface area contributed by atoms with Crippen molar-refractivity contribution < 1.29 is 14.3 Å². The summed E-state index contributed by atoms with van der Waals surface area (Å²) in [5.41, 5.74) is 2.24. The lowest BCUT2D eigenvalue weighted by atomic mass is 10.0. The van der Waals surface area contributed by atoms with Crippen molar-refractivity contribution in [3.8, 4) is 11.1 Å². The van der Waals surface area contributed by atoms with E-state index in [1.54, 1.807) is 24.3 Å². The molecule has 0 radical (unpaired) electrons. The minimum absolute atomic E-state index is 0.269. The van der Waals surface area contributed by atoms with Gasteiger partial charge in [0.25, 0.3) is 5.91 Å². The minimum atomic E-state index is -0.621. The van der Waals surface area contributed by atoms with Crippen LogP contribution in [0.5, 0.6) is 0 Å². The third-order valence-electron chi connectivity index (χ3n) is 3.69. The van der Waals surface area contributed by atoms with Crippen molar-refractivity contribution in [3.63, 3.8) is 0 Å². The second-order valence-corrected chi connectivity index (χ2v) is 5.69. The molecule has 24 heavy (non-hydrogen) atoms. The van der Waals surface area contributed by atoms with E-state index >= 15 is 0 Å². The molecule has 0 fully saturated rings. The molecule has 3 aromatic rings. The van der Waals surface area contributed by atoms with E-state index in [-0.39, 0.29) is 12.5 Å².